The van der Waals surface area contributed by atoms with Crippen LogP contribution in [-0.2, 0) is 11.3 Å². The molecule has 0 radical (unpaired) electrons. The molecule has 1 aromatic rings. The minimum atomic E-state index is -0.678. The molecule has 14 heavy (non-hydrogen) atoms. The summed E-state index contributed by atoms with van der Waals surface area (Å²) in [6, 6.07) is 0. The molecule has 1 aliphatic heterocycles. The van der Waals surface area contributed by atoms with Gasteiger partial charge in [0.1, 0.15) is 0 Å². The smallest absolute Gasteiger partial charge is 0.309 e. The summed E-state index contributed by atoms with van der Waals surface area (Å²) in [6.07, 6.45) is 0. The molecule has 1 aromatic heterocycles. The number of carboxylic acid groups (broad SMARTS) is 1. The maximum absolute atomic E-state index is 10.6. The molecule has 0 unspecified atom stereocenters. The maximum Gasteiger partial charge on any atom is 0.309 e. The van der Waals surface area contributed by atoms with Crippen molar-refractivity contribution in [2.45, 2.75) is 13.5 Å². The normalized spacial score (nSPS) is 18.1. The van der Waals surface area contributed by atoms with Crippen LogP contribution in [0.25, 0.3) is 0 Å². The van der Waals surface area contributed by atoms with E-state index in [2.05, 4.69) is 9.88 Å². The number of hydrogen-bond donors (Lipinski definition) is 1. The third kappa shape index (κ3) is 1.78. The second kappa shape index (κ2) is 3.67. The number of thiazole rings is 1. The summed E-state index contributed by atoms with van der Waals surface area (Å²) in [5, 5.41) is 8.70. The van der Waals surface area contributed by atoms with Gasteiger partial charge in [0.15, 0.2) is 0 Å². The molecule has 1 saturated heterocycles. The highest BCUT2D eigenvalue weighted by molar-refractivity contribution is 7.09. The molecule has 0 amide bonds. The summed E-state index contributed by atoms with van der Waals surface area (Å²) in [6.45, 7) is 4.18. The molecular weight excluding hydrogens is 200 g/mol. The first-order valence-electron chi connectivity index (χ1n) is 4.51. The Labute approximate surface area is 86.2 Å². The Balaban J connectivity index is 1.85. The zero-order valence-corrected chi connectivity index (χ0v) is 8.75. The number of nitrogens with zero attached hydrogens (tertiary/aromatic N) is 2. The third-order valence-corrected chi connectivity index (χ3v) is 3.44. The van der Waals surface area contributed by atoms with Gasteiger partial charge in [-0.05, 0) is 6.92 Å². The molecule has 2 heterocycles. The topological polar surface area (TPSA) is 53.4 Å². The third-order valence-electron chi connectivity index (χ3n) is 2.52. The van der Waals surface area contributed by atoms with Crippen LogP contribution in [0.5, 0.6) is 0 Å². The van der Waals surface area contributed by atoms with Crippen molar-refractivity contribution >= 4 is 17.3 Å². The van der Waals surface area contributed by atoms with Crippen molar-refractivity contribution in [1.29, 1.82) is 0 Å². The molecule has 76 valence electrons. The Morgan fingerprint density at radius 3 is 3.00 bits per heavy atom. The summed E-state index contributed by atoms with van der Waals surface area (Å²) in [7, 11) is 0. The van der Waals surface area contributed by atoms with Crippen LogP contribution in [0.3, 0.4) is 0 Å². The lowest BCUT2D eigenvalue weighted by atomic mass is 10.0. The molecule has 4 nitrogen and oxygen atoms in total. The standard InChI is InChI=1S/C9H12N2O2S/c1-6-8(14-5-10-6)4-11-2-7(3-11)9(12)13/h5,7H,2-4H2,1H3,(H,12,13). The van der Waals surface area contributed by atoms with E-state index >= 15 is 0 Å². The predicted octanol–water partition coefficient (Wildman–Crippen LogP) is 0.968. The quantitative estimate of drug-likeness (QED) is 0.811. The van der Waals surface area contributed by atoms with E-state index in [-0.39, 0.29) is 5.92 Å². The summed E-state index contributed by atoms with van der Waals surface area (Å²) < 4.78 is 0. The molecule has 0 spiro atoms. The van der Waals surface area contributed by atoms with Crippen LogP contribution in [0, 0.1) is 12.8 Å². The van der Waals surface area contributed by atoms with E-state index in [1.54, 1.807) is 11.3 Å². The van der Waals surface area contributed by atoms with Crippen molar-refractivity contribution in [2.24, 2.45) is 5.92 Å². The molecule has 1 N–H and O–H groups in total. The Kier molecular flexibility index (Phi) is 2.52. The van der Waals surface area contributed by atoms with Crippen LogP contribution in [0.1, 0.15) is 10.6 Å². The lowest BCUT2D eigenvalue weighted by Crippen LogP contribution is -2.49. The fourth-order valence-corrected chi connectivity index (χ4v) is 2.35. The Morgan fingerprint density at radius 2 is 2.50 bits per heavy atom. The van der Waals surface area contributed by atoms with Gasteiger partial charge in [0.25, 0.3) is 0 Å². The number of hydrogen-bond acceptors (Lipinski definition) is 4. The fraction of sp³-hybridized carbons (Fsp3) is 0.556. The van der Waals surface area contributed by atoms with Crippen LogP contribution >= 0.6 is 11.3 Å². The van der Waals surface area contributed by atoms with Gasteiger partial charge in [-0.25, -0.2) is 4.98 Å². The minimum absolute atomic E-state index is 0.164. The van der Waals surface area contributed by atoms with E-state index in [9.17, 15) is 4.79 Å². The molecule has 1 fully saturated rings. The average molecular weight is 212 g/mol. The first-order chi connectivity index (χ1) is 6.66. The van der Waals surface area contributed by atoms with Gasteiger partial charge < -0.3 is 5.11 Å². The van der Waals surface area contributed by atoms with Crippen LogP contribution in [-0.4, -0.2) is 34.0 Å². The highest BCUT2D eigenvalue weighted by Gasteiger charge is 2.32. The average Bonchev–Trinajstić information content (AvgIpc) is 2.42. The van der Waals surface area contributed by atoms with Gasteiger partial charge >= 0.3 is 5.97 Å². The Bertz CT molecular complexity index is 344. The number of likely N-dealkylation sites (tertiary alicyclic amines) is 1. The lowest BCUT2D eigenvalue weighted by Gasteiger charge is -2.36. The largest absolute Gasteiger partial charge is 0.481 e. The van der Waals surface area contributed by atoms with Crippen LogP contribution in [0.2, 0.25) is 0 Å². The number of aryl methyl sites for hydroxylation is 1. The number of aromatic nitrogens is 1. The molecule has 0 aromatic carbocycles. The predicted molar refractivity (Wildman–Crippen MR) is 53.3 cm³/mol. The van der Waals surface area contributed by atoms with Gasteiger partial charge in [-0.1, -0.05) is 0 Å². The highest BCUT2D eigenvalue weighted by Crippen LogP contribution is 2.22. The van der Waals surface area contributed by atoms with E-state index in [0.717, 1.165) is 12.2 Å². The number of rotatable bonds is 3. The second-order valence-corrected chi connectivity index (χ2v) is 4.53. The zero-order valence-electron chi connectivity index (χ0n) is 7.93. The van der Waals surface area contributed by atoms with Gasteiger partial charge in [0.05, 0.1) is 17.1 Å². The van der Waals surface area contributed by atoms with Crippen molar-refractivity contribution in [1.82, 2.24) is 9.88 Å². The fourth-order valence-electron chi connectivity index (χ4n) is 1.54. The molecule has 0 atom stereocenters. The van der Waals surface area contributed by atoms with Gasteiger partial charge in [-0.3, -0.25) is 9.69 Å². The van der Waals surface area contributed by atoms with Crippen molar-refractivity contribution < 1.29 is 9.90 Å². The lowest BCUT2D eigenvalue weighted by molar-refractivity contribution is -0.147. The number of carboxylic acids is 1. The van der Waals surface area contributed by atoms with Crippen LogP contribution in [0.4, 0.5) is 0 Å². The highest BCUT2D eigenvalue weighted by atomic mass is 32.1. The number of carbonyl (C=O) groups is 1. The van der Waals surface area contributed by atoms with E-state index in [0.29, 0.717) is 13.1 Å². The van der Waals surface area contributed by atoms with E-state index in [1.807, 2.05) is 12.4 Å². The molecule has 5 heteroatoms. The van der Waals surface area contributed by atoms with E-state index in [1.165, 1.54) is 4.88 Å². The molecule has 0 bridgehead atoms. The van der Waals surface area contributed by atoms with Crippen molar-refractivity contribution in [3.05, 3.63) is 16.1 Å². The maximum atomic E-state index is 10.6. The summed E-state index contributed by atoms with van der Waals surface area (Å²) in [4.78, 5) is 18.1. The van der Waals surface area contributed by atoms with Crippen LogP contribution < -0.4 is 0 Å². The van der Waals surface area contributed by atoms with E-state index < -0.39 is 5.97 Å². The van der Waals surface area contributed by atoms with Crippen LogP contribution in [0.15, 0.2) is 5.51 Å². The van der Waals surface area contributed by atoms with E-state index in [4.69, 9.17) is 5.11 Å². The van der Waals surface area contributed by atoms with Gasteiger partial charge in [0.2, 0.25) is 0 Å². The Hall–Kier alpha value is -0.940. The SMILES string of the molecule is Cc1ncsc1CN1CC(C(=O)O)C1. The first kappa shape index (κ1) is 9.61. The monoisotopic (exact) mass is 212 g/mol. The van der Waals surface area contributed by atoms with Gasteiger partial charge in [-0.2, -0.15) is 0 Å². The second-order valence-electron chi connectivity index (χ2n) is 3.59. The molecule has 0 aliphatic carbocycles. The summed E-state index contributed by atoms with van der Waals surface area (Å²) in [5.41, 5.74) is 2.90. The van der Waals surface area contributed by atoms with Crippen molar-refractivity contribution in [2.75, 3.05) is 13.1 Å². The molecule has 0 saturated carbocycles. The minimum Gasteiger partial charge on any atom is -0.481 e. The van der Waals surface area contributed by atoms with Gasteiger partial charge in [-0.15, -0.1) is 11.3 Å². The summed E-state index contributed by atoms with van der Waals surface area (Å²) in [5.74, 6) is -0.842. The number of aliphatic carboxylic acids is 1. The molecule has 2 rings (SSSR count). The zero-order chi connectivity index (χ0) is 10.1. The summed E-state index contributed by atoms with van der Waals surface area (Å²) >= 11 is 1.64. The van der Waals surface area contributed by atoms with Crippen molar-refractivity contribution in [3.63, 3.8) is 0 Å². The molecule has 1 aliphatic rings. The Morgan fingerprint density at radius 1 is 1.79 bits per heavy atom. The molecular formula is C9H12N2O2S. The first-order valence-corrected chi connectivity index (χ1v) is 5.39. The van der Waals surface area contributed by atoms with Crippen molar-refractivity contribution in [3.8, 4) is 0 Å². The van der Waals surface area contributed by atoms with Gasteiger partial charge in [0, 0.05) is 24.5 Å².